The number of aromatic nitrogens is 6. The number of tetrazole rings is 1. The summed E-state index contributed by atoms with van der Waals surface area (Å²) in [4.78, 5) is 25.3. The number of likely N-dealkylation sites (tertiary alicyclic amines) is 1. The number of aliphatic hydroxyl groups is 1. The van der Waals surface area contributed by atoms with Gasteiger partial charge in [0, 0.05) is 30.6 Å². The van der Waals surface area contributed by atoms with Crippen LogP contribution in [0.5, 0.6) is 0 Å². The highest BCUT2D eigenvalue weighted by Gasteiger charge is 2.64. The van der Waals surface area contributed by atoms with Gasteiger partial charge in [-0.15, -0.1) is 5.10 Å². The number of hydrogen-bond acceptors (Lipinski definition) is 11. The standard InChI is InChI=1S/C23H28N8O4/c1-13-17(11-34-22(13)33)29-5-4-23(20-21(29)35-20)6-14-2-3-15(7-23)30(14)10-18(32)16-8-25-19(9-24-16)31-12-26-27-28-31/h8-9,12,14-15,18,20-21,32H,2-7,10-11H2,1H3/t14?,15?,18-,20?,21?,23?/m0/s1. The molecule has 5 aliphatic rings. The van der Waals surface area contributed by atoms with Gasteiger partial charge in [0.25, 0.3) is 0 Å². The molecular weight excluding hydrogens is 452 g/mol. The Labute approximate surface area is 201 Å². The number of fused-ring (bicyclic) bond motifs is 4. The molecule has 0 amide bonds. The molecule has 2 bridgehead atoms. The van der Waals surface area contributed by atoms with Gasteiger partial charge in [0.1, 0.15) is 25.1 Å². The predicted octanol–water partition coefficient (Wildman–Crippen LogP) is 0.360. The number of esters is 1. The Morgan fingerprint density at radius 2 is 2.06 bits per heavy atom. The highest BCUT2D eigenvalue weighted by molar-refractivity contribution is 5.90. The van der Waals surface area contributed by atoms with Crippen molar-refractivity contribution in [2.75, 3.05) is 19.7 Å². The van der Waals surface area contributed by atoms with Crippen molar-refractivity contribution < 1.29 is 19.4 Å². The lowest BCUT2D eigenvalue weighted by molar-refractivity contribution is -0.136. The zero-order valence-corrected chi connectivity index (χ0v) is 19.5. The Morgan fingerprint density at radius 3 is 2.71 bits per heavy atom. The summed E-state index contributed by atoms with van der Waals surface area (Å²) >= 11 is 0. The van der Waals surface area contributed by atoms with Crippen molar-refractivity contribution in [3.8, 4) is 5.82 Å². The van der Waals surface area contributed by atoms with E-state index in [1.54, 1.807) is 12.4 Å². The number of piperidine rings is 2. The number of aliphatic hydroxyl groups excluding tert-OH is 1. The zero-order valence-electron chi connectivity index (χ0n) is 19.5. The van der Waals surface area contributed by atoms with Gasteiger partial charge >= 0.3 is 5.97 Å². The minimum atomic E-state index is -0.704. The molecule has 4 unspecified atom stereocenters. The first kappa shape index (κ1) is 21.3. The lowest BCUT2D eigenvalue weighted by Gasteiger charge is -2.49. The third-order valence-electron chi connectivity index (χ3n) is 8.68. The van der Waals surface area contributed by atoms with E-state index in [0.717, 1.165) is 44.3 Å². The first-order valence-electron chi connectivity index (χ1n) is 12.3. The Balaban J connectivity index is 1.02. The summed E-state index contributed by atoms with van der Waals surface area (Å²) in [6.07, 6.45) is 9.74. The molecule has 5 atom stereocenters. The maximum Gasteiger partial charge on any atom is 0.335 e. The predicted molar refractivity (Wildman–Crippen MR) is 119 cm³/mol. The number of epoxide rings is 1. The molecule has 1 spiro atoms. The first-order chi connectivity index (χ1) is 17.0. The quantitative estimate of drug-likeness (QED) is 0.469. The van der Waals surface area contributed by atoms with E-state index < -0.39 is 6.10 Å². The molecule has 2 aromatic rings. The van der Waals surface area contributed by atoms with Crippen molar-refractivity contribution in [1.29, 1.82) is 0 Å². The number of ether oxygens (including phenoxy) is 2. The smallest absolute Gasteiger partial charge is 0.335 e. The average molecular weight is 481 g/mol. The molecule has 4 fully saturated rings. The molecule has 2 aromatic heterocycles. The maximum absolute atomic E-state index is 11.8. The summed E-state index contributed by atoms with van der Waals surface area (Å²) in [5, 5.41) is 22.0. The van der Waals surface area contributed by atoms with E-state index in [-0.39, 0.29) is 23.7 Å². The fraction of sp³-hybridized carbons (Fsp3) is 0.652. The SMILES string of the molecule is CC1=C(N2CCC3(CC4CCC(C3)N4C[C@H](O)c3cnc(-n4cnnn4)cn3)C3OC32)COC1=O. The Bertz CT molecular complexity index is 1150. The minimum Gasteiger partial charge on any atom is -0.456 e. The Morgan fingerprint density at radius 1 is 1.23 bits per heavy atom. The van der Waals surface area contributed by atoms with Gasteiger partial charge in [0.15, 0.2) is 12.0 Å². The number of carbonyl (C=O) groups excluding carboxylic acids is 1. The molecule has 12 nitrogen and oxygen atoms in total. The van der Waals surface area contributed by atoms with E-state index in [0.29, 0.717) is 42.3 Å². The topological polar surface area (TPSA) is 135 Å². The van der Waals surface area contributed by atoms with Gasteiger partial charge in [-0.05, 0) is 49.5 Å². The van der Waals surface area contributed by atoms with Crippen molar-refractivity contribution in [2.24, 2.45) is 5.41 Å². The van der Waals surface area contributed by atoms with Crippen LogP contribution in [0.3, 0.4) is 0 Å². The average Bonchev–Trinajstić information content (AvgIpc) is 3.27. The lowest BCUT2D eigenvalue weighted by Crippen LogP contribution is -2.54. The second-order valence-corrected chi connectivity index (χ2v) is 10.5. The molecule has 12 heteroatoms. The van der Waals surface area contributed by atoms with Crippen LogP contribution < -0.4 is 0 Å². The highest BCUT2D eigenvalue weighted by atomic mass is 16.6. The third kappa shape index (κ3) is 3.38. The summed E-state index contributed by atoms with van der Waals surface area (Å²) < 4.78 is 12.9. The lowest BCUT2D eigenvalue weighted by atomic mass is 9.68. The number of carbonyl (C=O) groups is 1. The van der Waals surface area contributed by atoms with Crippen LogP contribution in [0.15, 0.2) is 30.0 Å². The monoisotopic (exact) mass is 480 g/mol. The molecule has 184 valence electrons. The van der Waals surface area contributed by atoms with Gasteiger partial charge in [-0.3, -0.25) is 9.88 Å². The van der Waals surface area contributed by atoms with Crippen LogP contribution in [0.4, 0.5) is 0 Å². The van der Waals surface area contributed by atoms with Crippen LogP contribution >= 0.6 is 0 Å². The van der Waals surface area contributed by atoms with Crippen molar-refractivity contribution in [3.05, 3.63) is 35.7 Å². The van der Waals surface area contributed by atoms with Gasteiger partial charge < -0.3 is 19.5 Å². The van der Waals surface area contributed by atoms with Crippen LogP contribution in [-0.2, 0) is 14.3 Å². The van der Waals surface area contributed by atoms with E-state index in [2.05, 4.69) is 35.3 Å². The molecule has 1 N–H and O–H groups in total. The molecule has 0 aliphatic carbocycles. The van der Waals surface area contributed by atoms with Crippen molar-refractivity contribution >= 4 is 5.97 Å². The fourth-order valence-corrected chi connectivity index (χ4v) is 6.85. The Kier molecular flexibility index (Phi) is 4.74. The second-order valence-electron chi connectivity index (χ2n) is 10.5. The molecule has 0 saturated carbocycles. The van der Waals surface area contributed by atoms with Crippen molar-refractivity contribution in [1.82, 2.24) is 40.0 Å². The van der Waals surface area contributed by atoms with Gasteiger partial charge in [0.2, 0.25) is 0 Å². The highest BCUT2D eigenvalue weighted by Crippen LogP contribution is 2.58. The van der Waals surface area contributed by atoms with Crippen LogP contribution in [0.25, 0.3) is 5.82 Å². The van der Waals surface area contributed by atoms with Crippen LogP contribution in [0, 0.1) is 5.41 Å². The van der Waals surface area contributed by atoms with Crippen molar-refractivity contribution in [2.45, 2.75) is 69.5 Å². The van der Waals surface area contributed by atoms with Crippen molar-refractivity contribution in [3.63, 3.8) is 0 Å². The number of nitrogens with zero attached hydrogens (tertiary/aromatic N) is 8. The summed E-state index contributed by atoms with van der Waals surface area (Å²) in [5.74, 6) is 0.299. The van der Waals surface area contributed by atoms with E-state index in [9.17, 15) is 9.90 Å². The summed E-state index contributed by atoms with van der Waals surface area (Å²) in [5.41, 5.74) is 2.44. The Hall–Kier alpha value is -2.96. The molecule has 4 saturated heterocycles. The second kappa shape index (κ2) is 7.77. The number of cyclic esters (lactones) is 1. The van der Waals surface area contributed by atoms with Crippen LogP contribution in [-0.4, -0.2) is 95.2 Å². The molecular formula is C23H28N8O4. The summed E-state index contributed by atoms with van der Waals surface area (Å²) in [7, 11) is 0. The third-order valence-corrected chi connectivity index (χ3v) is 8.68. The molecule has 0 radical (unpaired) electrons. The zero-order chi connectivity index (χ0) is 23.7. The van der Waals surface area contributed by atoms with Gasteiger partial charge in [-0.2, -0.15) is 4.68 Å². The molecule has 7 heterocycles. The normalized spacial score (nSPS) is 34.9. The maximum atomic E-state index is 11.8. The van der Waals surface area contributed by atoms with E-state index in [1.807, 2.05) is 6.92 Å². The van der Waals surface area contributed by atoms with E-state index in [1.165, 1.54) is 11.0 Å². The van der Waals surface area contributed by atoms with Gasteiger partial charge in [-0.25, -0.2) is 9.78 Å². The molecule has 5 aliphatic heterocycles. The summed E-state index contributed by atoms with van der Waals surface area (Å²) in [6, 6.07) is 0.871. The molecule has 35 heavy (non-hydrogen) atoms. The van der Waals surface area contributed by atoms with Crippen LogP contribution in [0.2, 0.25) is 0 Å². The molecule has 0 aromatic carbocycles. The van der Waals surface area contributed by atoms with Crippen LogP contribution in [0.1, 0.15) is 50.8 Å². The van der Waals surface area contributed by atoms with E-state index >= 15 is 0 Å². The first-order valence-corrected chi connectivity index (χ1v) is 12.3. The van der Waals surface area contributed by atoms with Gasteiger partial charge in [0.05, 0.1) is 29.4 Å². The number of hydrogen-bond donors (Lipinski definition) is 1. The van der Waals surface area contributed by atoms with E-state index in [4.69, 9.17) is 9.47 Å². The molecule has 7 rings (SSSR count). The largest absolute Gasteiger partial charge is 0.456 e. The fourth-order valence-electron chi connectivity index (χ4n) is 6.85. The number of rotatable bonds is 5. The van der Waals surface area contributed by atoms with Gasteiger partial charge in [-0.1, -0.05) is 0 Å². The summed E-state index contributed by atoms with van der Waals surface area (Å²) in [6.45, 7) is 3.66. The minimum absolute atomic E-state index is 0.0636.